The number of benzene rings is 1. The Hall–Kier alpha value is -3.92. The lowest BCUT2D eigenvalue weighted by atomic mass is 9.99. The van der Waals surface area contributed by atoms with Crippen LogP contribution in [0, 0.1) is 6.92 Å². The van der Waals surface area contributed by atoms with Gasteiger partial charge in [-0.1, -0.05) is 36.8 Å². The number of nitrogens with one attached hydrogen (secondary N) is 2. The zero-order valence-corrected chi connectivity index (χ0v) is 19.7. The van der Waals surface area contributed by atoms with E-state index in [4.69, 9.17) is 0 Å². The van der Waals surface area contributed by atoms with Gasteiger partial charge in [-0.25, -0.2) is 9.67 Å². The van der Waals surface area contributed by atoms with Crippen molar-refractivity contribution >= 4 is 11.7 Å². The summed E-state index contributed by atoms with van der Waals surface area (Å²) in [7, 11) is 1.80. The van der Waals surface area contributed by atoms with Gasteiger partial charge in [0.1, 0.15) is 11.9 Å². The maximum Gasteiger partial charge on any atom is 0.333 e. The lowest BCUT2D eigenvalue weighted by Crippen LogP contribution is -2.35. The third-order valence-corrected chi connectivity index (χ3v) is 5.74. The monoisotopic (exact) mass is 479 g/mol. The second-order valence-electron chi connectivity index (χ2n) is 8.51. The highest BCUT2D eigenvalue weighted by molar-refractivity contribution is 5.94. The average Bonchev–Trinajstić information content (AvgIpc) is 3.50. The number of aromatic nitrogens is 5. The van der Waals surface area contributed by atoms with E-state index < -0.39 is 12.6 Å². The Bertz CT molecular complexity index is 1270. The molecule has 4 aromatic rings. The number of carbonyl (C=O) groups is 1. The second-order valence-corrected chi connectivity index (χ2v) is 8.51. The van der Waals surface area contributed by atoms with Gasteiger partial charge in [0.2, 0.25) is 5.91 Å². The maximum absolute atomic E-state index is 13.2. The summed E-state index contributed by atoms with van der Waals surface area (Å²) in [6.45, 7) is 2.02. The molecule has 0 bridgehead atoms. The highest BCUT2D eigenvalue weighted by Crippen LogP contribution is 2.23. The molecule has 2 N–H and O–H groups in total. The first-order chi connectivity index (χ1) is 16.8. The van der Waals surface area contributed by atoms with Gasteiger partial charge in [0.15, 0.2) is 0 Å². The first-order valence-electron chi connectivity index (χ1n) is 11.2. The predicted molar refractivity (Wildman–Crippen MR) is 129 cm³/mol. The van der Waals surface area contributed by atoms with Gasteiger partial charge in [0, 0.05) is 48.9 Å². The van der Waals surface area contributed by atoms with E-state index in [2.05, 4.69) is 57.0 Å². The van der Waals surface area contributed by atoms with Crippen LogP contribution in [0.5, 0.6) is 0 Å². The normalized spacial score (nSPS) is 13.1. The van der Waals surface area contributed by atoms with E-state index in [-0.39, 0.29) is 11.8 Å². The van der Waals surface area contributed by atoms with Crippen molar-refractivity contribution in [3.63, 3.8) is 0 Å². The number of aryl methyl sites for hydroxylation is 2. The first kappa shape index (κ1) is 24.2. The first-order valence-corrected chi connectivity index (χ1v) is 11.2. The minimum absolute atomic E-state index is 0.189. The summed E-state index contributed by atoms with van der Waals surface area (Å²) in [5, 5.41) is 14.0. The third kappa shape index (κ3) is 5.96. The van der Waals surface area contributed by atoms with Crippen molar-refractivity contribution in [2.24, 2.45) is 7.05 Å². The molecule has 0 unspecified atom stereocenters. The highest BCUT2D eigenvalue weighted by Gasteiger charge is 2.23. The molecule has 1 amide bonds. The number of rotatable bonds is 9. The summed E-state index contributed by atoms with van der Waals surface area (Å²) in [4.78, 5) is 17.5. The molecule has 0 saturated carbocycles. The lowest BCUT2D eigenvalue weighted by molar-refractivity contribution is -0.118. The van der Waals surface area contributed by atoms with Gasteiger partial charge in [-0.2, -0.15) is 19.0 Å². The molecule has 35 heavy (non-hydrogen) atoms. The maximum atomic E-state index is 13.2. The topological polar surface area (TPSA) is 89.7 Å². The number of anilines is 1. The molecular formula is C25H27F2N7O. The van der Waals surface area contributed by atoms with Crippen LogP contribution < -0.4 is 10.6 Å². The zero-order chi connectivity index (χ0) is 24.9. The van der Waals surface area contributed by atoms with Gasteiger partial charge in [-0.3, -0.25) is 9.48 Å². The fourth-order valence-electron chi connectivity index (χ4n) is 3.69. The molecule has 10 heteroatoms. The second kappa shape index (κ2) is 10.6. The third-order valence-electron chi connectivity index (χ3n) is 5.74. The number of halogens is 2. The van der Waals surface area contributed by atoms with Crippen LogP contribution >= 0.6 is 0 Å². The molecule has 1 aromatic carbocycles. The predicted octanol–water partition coefficient (Wildman–Crippen LogP) is 4.46. The lowest BCUT2D eigenvalue weighted by Gasteiger charge is -2.20. The summed E-state index contributed by atoms with van der Waals surface area (Å²) in [5.74, 6) is 0.260. The minimum atomic E-state index is -2.71. The summed E-state index contributed by atoms with van der Waals surface area (Å²) in [6.07, 6.45) is 7.56. The fourth-order valence-corrected chi connectivity index (χ4v) is 3.69. The van der Waals surface area contributed by atoms with Gasteiger partial charge in [-0.05, 0) is 30.5 Å². The summed E-state index contributed by atoms with van der Waals surface area (Å²) >= 11 is 0. The largest absolute Gasteiger partial charge is 0.333 e. The Kier molecular flexibility index (Phi) is 7.31. The molecule has 0 aliphatic heterocycles. The van der Waals surface area contributed by atoms with Gasteiger partial charge >= 0.3 is 6.55 Å². The van der Waals surface area contributed by atoms with Crippen molar-refractivity contribution in [1.82, 2.24) is 29.9 Å². The van der Waals surface area contributed by atoms with Gasteiger partial charge in [0.05, 0.1) is 12.4 Å². The molecular weight excluding hydrogens is 452 g/mol. The fraction of sp³-hybridized carbons (Fsp3) is 0.280. The molecule has 182 valence electrons. The molecule has 0 radical (unpaired) electrons. The van der Waals surface area contributed by atoms with Crippen molar-refractivity contribution in [3.05, 3.63) is 84.1 Å². The zero-order valence-electron chi connectivity index (χ0n) is 19.7. The molecule has 4 rings (SSSR count). The smallest absolute Gasteiger partial charge is 0.309 e. The van der Waals surface area contributed by atoms with E-state index in [1.807, 2.05) is 6.92 Å². The van der Waals surface area contributed by atoms with Crippen LogP contribution in [0.1, 0.15) is 42.1 Å². The molecule has 0 aliphatic rings. The van der Waals surface area contributed by atoms with Gasteiger partial charge < -0.3 is 10.6 Å². The van der Waals surface area contributed by atoms with E-state index in [1.54, 1.807) is 36.3 Å². The van der Waals surface area contributed by atoms with Crippen molar-refractivity contribution < 1.29 is 13.6 Å². The standard InChI is InChI=1S/C25H27F2N7O/c1-16-4-6-18(7-5-16)17(2)10-29-23(21-13-30-33(3)14-21)24(35)32-22-9-8-19(11-28-22)20-12-31-34(15-20)25(26)27/h4-9,11-15,17,23,25,29H,10H2,1-3H3,(H,28,32,35)/t17-,23-/m0/s1. The van der Waals surface area contributed by atoms with Crippen molar-refractivity contribution in [3.8, 4) is 11.1 Å². The van der Waals surface area contributed by atoms with Crippen molar-refractivity contribution in [1.29, 1.82) is 0 Å². The van der Waals surface area contributed by atoms with Crippen LogP contribution in [0.15, 0.2) is 67.4 Å². The Balaban J connectivity index is 1.45. The molecule has 3 aromatic heterocycles. The number of nitrogens with zero attached hydrogens (tertiary/aromatic N) is 5. The van der Waals surface area contributed by atoms with Crippen LogP contribution in [-0.4, -0.2) is 37.0 Å². The summed E-state index contributed by atoms with van der Waals surface area (Å²) in [6, 6.07) is 11.0. The van der Waals surface area contributed by atoms with Crippen LogP contribution in [-0.2, 0) is 11.8 Å². The number of carbonyl (C=O) groups excluding carboxylic acids is 1. The van der Waals surface area contributed by atoms with Crippen molar-refractivity contribution in [2.45, 2.75) is 32.4 Å². The Morgan fingerprint density at radius 2 is 1.74 bits per heavy atom. The van der Waals surface area contributed by atoms with Crippen LogP contribution in [0.2, 0.25) is 0 Å². The Morgan fingerprint density at radius 1 is 0.971 bits per heavy atom. The molecule has 0 aliphatic carbocycles. The van der Waals surface area contributed by atoms with E-state index in [1.165, 1.54) is 29.7 Å². The Morgan fingerprint density at radius 3 is 2.34 bits per heavy atom. The average molecular weight is 480 g/mol. The summed E-state index contributed by atoms with van der Waals surface area (Å²) in [5.41, 5.74) is 4.24. The number of hydrogen-bond donors (Lipinski definition) is 2. The quantitative estimate of drug-likeness (QED) is 0.370. The SMILES string of the molecule is Cc1ccc([C@@H](C)CN[C@H](C(=O)Nc2ccc(-c3cnn(C(F)F)c3)cn2)c2cnn(C)c2)cc1. The van der Waals surface area contributed by atoms with Crippen LogP contribution in [0.4, 0.5) is 14.6 Å². The van der Waals surface area contributed by atoms with E-state index in [9.17, 15) is 13.6 Å². The molecule has 0 spiro atoms. The van der Waals surface area contributed by atoms with Crippen LogP contribution in [0.3, 0.4) is 0 Å². The van der Waals surface area contributed by atoms with E-state index in [0.717, 1.165) is 5.56 Å². The van der Waals surface area contributed by atoms with E-state index in [0.29, 0.717) is 28.2 Å². The molecule has 0 fully saturated rings. The molecule has 3 heterocycles. The Labute approximate surface area is 202 Å². The minimum Gasteiger partial charge on any atom is -0.309 e. The van der Waals surface area contributed by atoms with Crippen molar-refractivity contribution in [2.75, 3.05) is 11.9 Å². The number of amides is 1. The number of hydrogen-bond acceptors (Lipinski definition) is 5. The van der Waals surface area contributed by atoms with E-state index >= 15 is 0 Å². The van der Waals surface area contributed by atoms with Crippen LogP contribution in [0.25, 0.3) is 11.1 Å². The molecule has 8 nitrogen and oxygen atoms in total. The van der Waals surface area contributed by atoms with Gasteiger partial charge in [-0.15, -0.1) is 0 Å². The van der Waals surface area contributed by atoms with Gasteiger partial charge in [0.25, 0.3) is 0 Å². The molecule has 0 saturated heterocycles. The number of pyridine rings is 1. The molecule has 2 atom stereocenters. The summed E-state index contributed by atoms with van der Waals surface area (Å²) < 4.78 is 27.8. The highest BCUT2D eigenvalue weighted by atomic mass is 19.3. The number of alkyl halides is 2.